The van der Waals surface area contributed by atoms with Gasteiger partial charge in [0.2, 0.25) is 0 Å². The molecule has 0 saturated carbocycles. The first-order chi connectivity index (χ1) is 16.7. The first-order valence-electron chi connectivity index (χ1n) is 12.9. The number of nitrogens with one attached hydrogen (secondary N) is 1. The average Bonchev–Trinajstić information content (AvgIpc) is 3.48. The van der Waals surface area contributed by atoms with Gasteiger partial charge < -0.3 is 18.6 Å². The standard InChI is InChI=1S/C26H42N4O4Si2/c1-26(2,3)36(7,8)34-20-11-12-29(16-20)19-9-10-23-21(15-19)22(24-27-25(31)33-28-24)17-30(23)18-32-13-14-35(4,5)6/h9-10,15,17,20H,11-14,16,18H2,1-8H3,(H,27,28,31). The van der Waals surface area contributed by atoms with E-state index in [0.29, 0.717) is 12.6 Å². The fourth-order valence-electron chi connectivity index (χ4n) is 4.32. The summed E-state index contributed by atoms with van der Waals surface area (Å²) in [6, 6.07) is 7.61. The van der Waals surface area contributed by atoms with Crippen LogP contribution in [-0.4, -0.2) is 56.9 Å². The van der Waals surface area contributed by atoms with Crippen LogP contribution in [-0.2, 0) is 15.9 Å². The molecule has 1 N–H and O–H groups in total. The van der Waals surface area contributed by atoms with Gasteiger partial charge in [-0.1, -0.05) is 45.6 Å². The predicted octanol–water partition coefficient (Wildman–Crippen LogP) is 5.90. The highest BCUT2D eigenvalue weighted by Crippen LogP contribution is 2.39. The van der Waals surface area contributed by atoms with Crippen molar-refractivity contribution < 1.29 is 13.7 Å². The number of benzene rings is 1. The number of rotatable bonds is 9. The van der Waals surface area contributed by atoms with Crippen LogP contribution in [0, 0.1) is 0 Å². The van der Waals surface area contributed by atoms with E-state index in [4.69, 9.17) is 13.7 Å². The molecule has 3 heterocycles. The summed E-state index contributed by atoms with van der Waals surface area (Å²) in [7, 11) is -2.97. The van der Waals surface area contributed by atoms with Gasteiger partial charge in [0, 0.05) is 50.6 Å². The number of ether oxygens (including phenoxy) is 1. The van der Waals surface area contributed by atoms with Crippen molar-refractivity contribution in [2.45, 2.75) is 83.8 Å². The summed E-state index contributed by atoms with van der Waals surface area (Å²) >= 11 is 0. The lowest BCUT2D eigenvalue weighted by atomic mass is 10.1. The lowest BCUT2D eigenvalue weighted by molar-refractivity contribution is 0.0903. The van der Waals surface area contributed by atoms with Gasteiger partial charge in [-0.3, -0.25) is 9.51 Å². The fraction of sp³-hybridized carbons (Fsp3) is 0.615. The number of aromatic nitrogens is 3. The van der Waals surface area contributed by atoms with Crippen LogP contribution < -0.4 is 10.7 Å². The minimum absolute atomic E-state index is 0.197. The van der Waals surface area contributed by atoms with Crippen LogP contribution in [0.4, 0.5) is 5.69 Å². The summed E-state index contributed by atoms with van der Waals surface area (Å²) in [6.45, 7) is 21.6. The Balaban J connectivity index is 1.57. The highest BCUT2D eigenvalue weighted by molar-refractivity contribution is 6.76. The molecular formula is C26H42N4O4Si2. The predicted molar refractivity (Wildman–Crippen MR) is 151 cm³/mol. The molecule has 8 nitrogen and oxygen atoms in total. The Morgan fingerprint density at radius 3 is 2.58 bits per heavy atom. The molecule has 0 spiro atoms. The van der Waals surface area contributed by atoms with E-state index < -0.39 is 22.1 Å². The van der Waals surface area contributed by atoms with E-state index in [1.807, 2.05) is 6.20 Å². The van der Waals surface area contributed by atoms with E-state index in [1.54, 1.807) is 0 Å². The molecule has 198 valence electrons. The lowest BCUT2D eigenvalue weighted by Crippen LogP contribution is -2.44. The maximum Gasteiger partial charge on any atom is 0.439 e. The van der Waals surface area contributed by atoms with Crippen molar-refractivity contribution in [2.75, 3.05) is 24.6 Å². The van der Waals surface area contributed by atoms with Gasteiger partial charge >= 0.3 is 5.76 Å². The molecule has 0 bridgehead atoms. The average molecular weight is 531 g/mol. The number of anilines is 1. The van der Waals surface area contributed by atoms with Crippen LogP contribution in [0.1, 0.15) is 27.2 Å². The van der Waals surface area contributed by atoms with Crippen molar-refractivity contribution in [1.82, 2.24) is 14.7 Å². The Morgan fingerprint density at radius 1 is 1.19 bits per heavy atom. The third kappa shape index (κ3) is 6.04. The largest absolute Gasteiger partial charge is 0.439 e. The van der Waals surface area contributed by atoms with E-state index in [9.17, 15) is 4.79 Å². The van der Waals surface area contributed by atoms with Gasteiger partial charge in [-0.2, -0.15) is 0 Å². The van der Waals surface area contributed by atoms with E-state index in [1.165, 1.54) is 0 Å². The molecule has 0 radical (unpaired) electrons. The van der Waals surface area contributed by atoms with E-state index in [-0.39, 0.29) is 11.1 Å². The SMILES string of the molecule is CC(C)(C)[Si](C)(C)OC1CCN(c2ccc3c(c2)c(-c2noc(=O)[nH]2)cn3COCC[Si](C)(C)C)C1. The van der Waals surface area contributed by atoms with Gasteiger partial charge in [0.25, 0.3) is 0 Å². The number of fused-ring (bicyclic) bond motifs is 1. The second-order valence-electron chi connectivity index (χ2n) is 12.7. The molecule has 1 fully saturated rings. The topological polar surface area (TPSA) is 85.5 Å². The first-order valence-corrected chi connectivity index (χ1v) is 19.5. The zero-order valence-electron chi connectivity index (χ0n) is 23.1. The Kier molecular flexibility index (Phi) is 7.44. The Morgan fingerprint density at radius 2 is 1.94 bits per heavy atom. The summed E-state index contributed by atoms with van der Waals surface area (Å²) in [5.41, 5.74) is 3.02. The number of aromatic amines is 1. The second-order valence-corrected chi connectivity index (χ2v) is 23.1. The quantitative estimate of drug-likeness (QED) is 0.274. The smallest absolute Gasteiger partial charge is 0.412 e. The van der Waals surface area contributed by atoms with Crippen LogP contribution in [0.3, 0.4) is 0 Å². The highest BCUT2D eigenvalue weighted by Gasteiger charge is 2.40. The number of hydrogen-bond donors (Lipinski definition) is 1. The molecule has 4 rings (SSSR count). The summed E-state index contributed by atoms with van der Waals surface area (Å²) in [4.78, 5) is 16.8. The molecule has 36 heavy (non-hydrogen) atoms. The zero-order chi connectivity index (χ0) is 26.3. The molecule has 10 heteroatoms. The van der Waals surface area contributed by atoms with Crippen molar-refractivity contribution in [1.29, 1.82) is 0 Å². The Bertz CT molecular complexity index is 1250. The number of nitrogens with zero attached hydrogens (tertiary/aromatic N) is 3. The van der Waals surface area contributed by atoms with Crippen molar-refractivity contribution >= 4 is 33.0 Å². The highest BCUT2D eigenvalue weighted by atomic mass is 28.4. The summed E-state index contributed by atoms with van der Waals surface area (Å²) in [5, 5.41) is 5.17. The zero-order valence-corrected chi connectivity index (χ0v) is 25.1. The molecule has 3 aromatic rings. The minimum atomic E-state index is -1.81. The molecule has 2 aromatic heterocycles. The fourth-order valence-corrected chi connectivity index (χ4v) is 6.45. The van der Waals surface area contributed by atoms with Crippen LogP contribution in [0.2, 0.25) is 43.8 Å². The lowest BCUT2D eigenvalue weighted by Gasteiger charge is -2.38. The molecule has 1 aliphatic rings. The van der Waals surface area contributed by atoms with Gasteiger partial charge in [0.05, 0.1) is 11.6 Å². The van der Waals surface area contributed by atoms with Crippen LogP contribution >= 0.6 is 0 Å². The van der Waals surface area contributed by atoms with E-state index >= 15 is 0 Å². The van der Waals surface area contributed by atoms with Crippen molar-refractivity contribution in [3.05, 3.63) is 34.9 Å². The number of hydrogen-bond acceptors (Lipinski definition) is 6. The first kappa shape index (κ1) is 26.9. The van der Waals surface area contributed by atoms with Crippen LogP contribution in [0.5, 0.6) is 0 Å². The van der Waals surface area contributed by atoms with Gasteiger partial charge in [-0.25, -0.2) is 4.79 Å². The maximum atomic E-state index is 11.7. The molecule has 1 unspecified atom stereocenters. The summed E-state index contributed by atoms with van der Waals surface area (Å²) in [5.74, 6) is -0.123. The van der Waals surface area contributed by atoms with Crippen LogP contribution in [0.25, 0.3) is 22.3 Å². The van der Waals surface area contributed by atoms with Gasteiger partial charge in [-0.05, 0) is 48.8 Å². The monoisotopic (exact) mass is 530 g/mol. The van der Waals surface area contributed by atoms with Gasteiger partial charge in [0.15, 0.2) is 14.1 Å². The van der Waals surface area contributed by atoms with Gasteiger partial charge in [0.1, 0.15) is 6.73 Å². The molecule has 1 atom stereocenters. The Labute approximate surface area is 216 Å². The minimum Gasteiger partial charge on any atom is -0.412 e. The molecule has 0 aliphatic carbocycles. The van der Waals surface area contributed by atoms with E-state index in [0.717, 1.165) is 54.3 Å². The summed E-state index contributed by atoms with van der Waals surface area (Å²) in [6.07, 6.45) is 3.27. The molecule has 1 aliphatic heterocycles. The second kappa shape index (κ2) is 9.96. The third-order valence-electron chi connectivity index (χ3n) is 7.56. The van der Waals surface area contributed by atoms with Crippen LogP contribution in [0.15, 0.2) is 33.7 Å². The molecule has 0 amide bonds. The molecular weight excluding hydrogens is 488 g/mol. The van der Waals surface area contributed by atoms with Crippen molar-refractivity contribution in [3.8, 4) is 11.4 Å². The van der Waals surface area contributed by atoms with Crippen molar-refractivity contribution in [2.24, 2.45) is 0 Å². The maximum absolute atomic E-state index is 11.7. The third-order valence-corrected chi connectivity index (χ3v) is 13.8. The number of H-pyrrole nitrogens is 1. The molecule has 1 aromatic carbocycles. The summed E-state index contributed by atoms with van der Waals surface area (Å²) < 4.78 is 19.6. The van der Waals surface area contributed by atoms with E-state index in [2.05, 4.69) is 91.3 Å². The van der Waals surface area contributed by atoms with Gasteiger partial charge in [-0.15, -0.1) is 0 Å². The Hall–Kier alpha value is -2.15. The normalized spacial score (nSPS) is 17.4. The van der Waals surface area contributed by atoms with Crippen molar-refractivity contribution in [3.63, 3.8) is 0 Å². The molecule has 1 saturated heterocycles.